The number of halogens is 3. The number of benzene rings is 2. The van der Waals surface area contributed by atoms with Gasteiger partial charge in [-0.2, -0.15) is 8.78 Å². The van der Waals surface area contributed by atoms with Crippen LogP contribution < -0.4 is 14.8 Å². The molecule has 0 bridgehead atoms. The van der Waals surface area contributed by atoms with E-state index in [2.05, 4.69) is 10.1 Å². The molecular formula is C19H18F3NO5. The van der Waals surface area contributed by atoms with Crippen LogP contribution in [-0.2, 0) is 9.53 Å². The molecule has 28 heavy (non-hydrogen) atoms. The molecule has 0 aliphatic rings. The van der Waals surface area contributed by atoms with Gasteiger partial charge in [0.15, 0.2) is 17.6 Å². The van der Waals surface area contributed by atoms with Crippen LogP contribution in [0.15, 0.2) is 36.4 Å². The van der Waals surface area contributed by atoms with Gasteiger partial charge in [0.1, 0.15) is 5.82 Å². The molecule has 0 spiro atoms. The summed E-state index contributed by atoms with van der Waals surface area (Å²) < 4.78 is 52.5. The molecule has 6 nitrogen and oxygen atoms in total. The van der Waals surface area contributed by atoms with E-state index in [1.807, 2.05) is 0 Å². The summed E-state index contributed by atoms with van der Waals surface area (Å²) >= 11 is 0. The average Bonchev–Trinajstić information content (AvgIpc) is 2.64. The Labute approximate surface area is 159 Å². The molecule has 0 aliphatic carbocycles. The Kier molecular flexibility index (Phi) is 6.86. The maximum Gasteiger partial charge on any atom is 0.387 e. The third-order valence-electron chi connectivity index (χ3n) is 3.71. The maximum atomic E-state index is 13.5. The van der Waals surface area contributed by atoms with Gasteiger partial charge >= 0.3 is 12.6 Å². The van der Waals surface area contributed by atoms with E-state index in [9.17, 15) is 22.8 Å². The van der Waals surface area contributed by atoms with Crippen molar-refractivity contribution in [3.8, 4) is 11.5 Å². The van der Waals surface area contributed by atoms with Crippen LogP contribution >= 0.6 is 0 Å². The van der Waals surface area contributed by atoms with Gasteiger partial charge in [0.05, 0.1) is 12.7 Å². The molecule has 0 heterocycles. The highest BCUT2D eigenvalue weighted by Gasteiger charge is 2.21. The van der Waals surface area contributed by atoms with Gasteiger partial charge in [-0.15, -0.1) is 0 Å². The van der Waals surface area contributed by atoms with E-state index >= 15 is 0 Å². The number of carbonyl (C=O) groups is 2. The zero-order chi connectivity index (χ0) is 20.8. The number of hydrogen-bond donors (Lipinski definition) is 1. The standard InChI is InChI=1S/C19H18F3NO5/c1-10-4-6-13(9-14(10)20)23-17(24)11(2)27-18(25)12-5-7-15(28-19(21)22)16(8-12)26-3/h4-9,11,19H,1-3H3,(H,23,24)/t11-/m0/s1. The number of carbonyl (C=O) groups excluding carboxylic acids is 2. The summed E-state index contributed by atoms with van der Waals surface area (Å²) in [5, 5.41) is 2.44. The average molecular weight is 397 g/mol. The summed E-state index contributed by atoms with van der Waals surface area (Å²) in [4.78, 5) is 24.3. The third kappa shape index (κ3) is 5.38. The van der Waals surface area contributed by atoms with Crippen LogP contribution in [0.25, 0.3) is 0 Å². The highest BCUT2D eigenvalue weighted by molar-refractivity contribution is 5.97. The van der Waals surface area contributed by atoms with Crippen molar-refractivity contribution in [2.45, 2.75) is 26.6 Å². The lowest BCUT2D eigenvalue weighted by Crippen LogP contribution is -2.30. The van der Waals surface area contributed by atoms with Crippen LogP contribution in [0.4, 0.5) is 18.9 Å². The molecule has 2 rings (SSSR count). The first-order chi connectivity index (χ1) is 13.2. The zero-order valence-electron chi connectivity index (χ0n) is 15.3. The van der Waals surface area contributed by atoms with Crippen molar-refractivity contribution in [1.82, 2.24) is 0 Å². The van der Waals surface area contributed by atoms with Gasteiger partial charge in [0.25, 0.3) is 5.91 Å². The zero-order valence-corrected chi connectivity index (χ0v) is 15.3. The number of alkyl halides is 2. The normalized spacial score (nSPS) is 11.7. The van der Waals surface area contributed by atoms with E-state index < -0.39 is 30.4 Å². The molecule has 0 fully saturated rings. The second-order valence-corrected chi connectivity index (χ2v) is 5.74. The smallest absolute Gasteiger partial charge is 0.387 e. The number of amides is 1. The number of esters is 1. The summed E-state index contributed by atoms with van der Waals surface area (Å²) in [6.07, 6.45) is -1.19. The number of ether oxygens (including phenoxy) is 3. The van der Waals surface area contributed by atoms with Crippen LogP contribution in [0.3, 0.4) is 0 Å². The second-order valence-electron chi connectivity index (χ2n) is 5.74. The summed E-state index contributed by atoms with van der Waals surface area (Å²) in [6.45, 7) is -0.136. The van der Waals surface area contributed by atoms with Gasteiger partial charge in [-0.05, 0) is 49.7 Å². The van der Waals surface area contributed by atoms with Crippen LogP contribution in [0.5, 0.6) is 11.5 Å². The number of nitrogens with one attached hydrogen (secondary N) is 1. The van der Waals surface area contributed by atoms with Crippen LogP contribution in [0, 0.1) is 12.7 Å². The van der Waals surface area contributed by atoms with E-state index in [1.165, 1.54) is 32.2 Å². The summed E-state index contributed by atoms with van der Waals surface area (Å²) in [7, 11) is 1.22. The lowest BCUT2D eigenvalue weighted by Gasteiger charge is -2.15. The van der Waals surface area contributed by atoms with Gasteiger partial charge in [-0.3, -0.25) is 4.79 Å². The summed E-state index contributed by atoms with van der Waals surface area (Å²) in [5.74, 6) is -2.37. The van der Waals surface area contributed by atoms with Crippen LogP contribution in [0.2, 0.25) is 0 Å². The molecule has 1 atom stereocenters. The molecule has 9 heteroatoms. The molecule has 1 N–H and O–H groups in total. The lowest BCUT2D eigenvalue weighted by atomic mass is 10.2. The minimum absolute atomic E-state index is 0.0282. The Morgan fingerprint density at radius 3 is 2.39 bits per heavy atom. The molecule has 0 saturated heterocycles. The largest absolute Gasteiger partial charge is 0.493 e. The fourth-order valence-electron chi connectivity index (χ4n) is 2.18. The number of rotatable bonds is 7. The Morgan fingerprint density at radius 1 is 1.07 bits per heavy atom. The molecule has 0 aliphatic heterocycles. The van der Waals surface area contributed by atoms with Gasteiger partial charge in [0.2, 0.25) is 0 Å². The van der Waals surface area contributed by atoms with Crippen molar-refractivity contribution >= 4 is 17.6 Å². The molecule has 0 saturated carbocycles. The van der Waals surface area contributed by atoms with E-state index in [-0.39, 0.29) is 22.7 Å². The maximum absolute atomic E-state index is 13.5. The van der Waals surface area contributed by atoms with Gasteiger partial charge in [-0.1, -0.05) is 6.07 Å². The molecule has 2 aromatic rings. The van der Waals surface area contributed by atoms with Crippen molar-refractivity contribution < 1.29 is 37.0 Å². The first-order valence-corrected chi connectivity index (χ1v) is 8.12. The van der Waals surface area contributed by atoms with E-state index in [4.69, 9.17) is 9.47 Å². The monoisotopic (exact) mass is 397 g/mol. The fourth-order valence-corrected chi connectivity index (χ4v) is 2.18. The first kappa shape index (κ1) is 21.1. The van der Waals surface area contributed by atoms with Gasteiger partial charge < -0.3 is 19.5 Å². The summed E-state index contributed by atoms with van der Waals surface area (Å²) in [6, 6.07) is 7.63. The van der Waals surface area contributed by atoms with E-state index in [1.54, 1.807) is 6.92 Å². The highest BCUT2D eigenvalue weighted by atomic mass is 19.3. The van der Waals surface area contributed by atoms with Crippen LogP contribution in [0.1, 0.15) is 22.8 Å². The third-order valence-corrected chi connectivity index (χ3v) is 3.71. The van der Waals surface area contributed by atoms with E-state index in [0.717, 1.165) is 18.2 Å². The Hall–Kier alpha value is -3.23. The highest BCUT2D eigenvalue weighted by Crippen LogP contribution is 2.29. The summed E-state index contributed by atoms with van der Waals surface area (Å²) in [5.41, 5.74) is 0.608. The lowest BCUT2D eigenvalue weighted by molar-refractivity contribution is -0.123. The van der Waals surface area contributed by atoms with Crippen LogP contribution in [-0.4, -0.2) is 31.7 Å². The van der Waals surface area contributed by atoms with Gasteiger partial charge in [0, 0.05) is 5.69 Å². The number of hydrogen-bond acceptors (Lipinski definition) is 5. The minimum atomic E-state index is -3.05. The molecule has 1 amide bonds. The number of methoxy groups -OCH3 is 1. The molecular weight excluding hydrogens is 379 g/mol. The van der Waals surface area contributed by atoms with Gasteiger partial charge in [-0.25, -0.2) is 9.18 Å². The Balaban J connectivity index is 2.04. The predicted octanol–water partition coefficient (Wildman–Crippen LogP) is 3.93. The SMILES string of the molecule is COc1cc(C(=O)O[C@@H](C)C(=O)Nc2ccc(C)c(F)c2)ccc1OC(F)F. The van der Waals surface area contributed by atoms with Crippen molar-refractivity contribution in [2.75, 3.05) is 12.4 Å². The van der Waals surface area contributed by atoms with Crippen molar-refractivity contribution in [2.24, 2.45) is 0 Å². The Bertz CT molecular complexity index is 873. The van der Waals surface area contributed by atoms with Crippen molar-refractivity contribution in [1.29, 1.82) is 0 Å². The minimum Gasteiger partial charge on any atom is -0.493 e. The Morgan fingerprint density at radius 2 is 1.79 bits per heavy atom. The fraction of sp³-hybridized carbons (Fsp3) is 0.263. The molecule has 150 valence electrons. The predicted molar refractivity (Wildman–Crippen MR) is 94.3 cm³/mol. The van der Waals surface area contributed by atoms with Crippen molar-refractivity contribution in [3.05, 3.63) is 53.3 Å². The molecule has 0 radical (unpaired) electrons. The topological polar surface area (TPSA) is 73.9 Å². The quantitative estimate of drug-likeness (QED) is 0.717. The number of anilines is 1. The second kappa shape index (κ2) is 9.12. The molecule has 0 aromatic heterocycles. The molecule has 2 aromatic carbocycles. The van der Waals surface area contributed by atoms with E-state index in [0.29, 0.717) is 5.56 Å². The number of aryl methyl sites for hydroxylation is 1. The van der Waals surface area contributed by atoms with Crippen molar-refractivity contribution in [3.63, 3.8) is 0 Å². The molecule has 0 unspecified atom stereocenters. The first-order valence-electron chi connectivity index (χ1n) is 8.12.